The molecule has 6 nitrogen and oxygen atoms in total. The van der Waals surface area contributed by atoms with Crippen molar-refractivity contribution in [3.63, 3.8) is 0 Å². The van der Waals surface area contributed by atoms with Crippen LogP contribution in [-0.4, -0.2) is 45.8 Å². The highest BCUT2D eigenvalue weighted by Crippen LogP contribution is 2.28. The van der Waals surface area contributed by atoms with E-state index >= 15 is 0 Å². The van der Waals surface area contributed by atoms with E-state index in [-0.39, 0.29) is 11.8 Å². The first-order valence-corrected chi connectivity index (χ1v) is 9.30. The second-order valence-electron chi connectivity index (χ2n) is 8.18. The van der Waals surface area contributed by atoms with Crippen molar-refractivity contribution in [1.82, 2.24) is 20.2 Å². The fourth-order valence-corrected chi connectivity index (χ4v) is 3.29. The first-order valence-electron chi connectivity index (χ1n) is 9.30. The molecule has 140 valence electrons. The second kappa shape index (κ2) is 7.09. The third-order valence-corrected chi connectivity index (χ3v) is 5.00. The Bertz CT molecular complexity index is 764. The Morgan fingerprint density at radius 1 is 1.23 bits per heavy atom. The molecule has 1 fully saturated rings. The summed E-state index contributed by atoms with van der Waals surface area (Å²) in [4.78, 5) is 34.7. The molecule has 0 unspecified atom stereocenters. The number of rotatable bonds is 3. The maximum atomic E-state index is 12.6. The summed E-state index contributed by atoms with van der Waals surface area (Å²) in [5.41, 5.74) is 1.54. The third-order valence-electron chi connectivity index (χ3n) is 5.00. The number of carbonyl (C=O) groups is 2. The predicted octanol–water partition coefficient (Wildman–Crippen LogP) is 2.82. The largest absolute Gasteiger partial charge is 0.344 e. The molecule has 2 heterocycles. The van der Waals surface area contributed by atoms with Gasteiger partial charge in [-0.25, -0.2) is 4.98 Å². The SMILES string of the molecule is C[C@@H](NC(=O)C(C)(C)C)C(=O)N1CCC(c2nc3ccccc3[nH]2)CC1. The quantitative estimate of drug-likeness (QED) is 0.888. The lowest BCUT2D eigenvalue weighted by Crippen LogP contribution is -2.51. The first-order chi connectivity index (χ1) is 12.3. The Hall–Kier alpha value is -2.37. The van der Waals surface area contributed by atoms with Crippen LogP contribution in [0.15, 0.2) is 24.3 Å². The van der Waals surface area contributed by atoms with Gasteiger partial charge in [0, 0.05) is 24.4 Å². The van der Waals surface area contributed by atoms with Gasteiger partial charge >= 0.3 is 0 Å². The number of para-hydroxylation sites is 2. The van der Waals surface area contributed by atoms with Crippen LogP contribution in [0.5, 0.6) is 0 Å². The zero-order valence-electron chi connectivity index (χ0n) is 16.0. The predicted molar refractivity (Wildman–Crippen MR) is 102 cm³/mol. The normalized spacial score (nSPS) is 17.3. The van der Waals surface area contributed by atoms with Crippen LogP contribution in [0.2, 0.25) is 0 Å². The summed E-state index contributed by atoms with van der Waals surface area (Å²) >= 11 is 0. The van der Waals surface area contributed by atoms with Gasteiger partial charge in [-0.3, -0.25) is 9.59 Å². The minimum absolute atomic E-state index is 0.00865. The van der Waals surface area contributed by atoms with E-state index in [9.17, 15) is 9.59 Å². The molecule has 1 aliphatic rings. The summed E-state index contributed by atoms with van der Waals surface area (Å²) in [6.45, 7) is 8.68. The van der Waals surface area contributed by atoms with E-state index in [0.29, 0.717) is 19.0 Å². The minimum Gasteiger partial charge on any atom is -0.344 e. The molecule has 6 heteroatoms. The Morgan fingerprint density at radius 3 is 2.50 bits per heavy atom. The molecule has 1 aromatic carbocycles. The lowest BCUT2D eigenvalue weighted by Gasteiger charge is -2.33. The number of hydrogen-bond acceptors (Lipinski definition) is 3. The third kappa shape index (κ3) is 3.89. The number of hydrogen-bond donors (Lipinski definition) is 2. The number of benzene rings is 1. The van der Waals surface area contributed by atoms with E-state index in [1.54, 1.807) is 6.92 Å². The minimum atomic E-state index is -0.497. The van der Waals surface area contributed by atoms with Gasteiger partial charge in [0.25, 0.3) is 0 Å². The van der Waals surface area contributed by atoms with Gasteiger partial charge in [0.1, 0.15) is 11.9 Å². The molecule has 0 radical (unpaired) electrons. The lowest BCUT2D eigenvalue weighted by molar-refractivity contribution is -0.138. The molecule has 2 N–H and O–H groups in total. The topological polar surface area (TPSA) is 78.1 Å². The van der Waals surface area contributed by atoms with Gasteiger partial charge in [0.15, 0.2) is 0 Å². The number of carbonyl (C=O) groups excluding carboxylic acids is 2. The van der Waals surface area contributed by atoms with E-state index in [2.05, 4.69) is 10.3 Å². The van der Waals surface area contributed by atoms with E-state index in [0.717, 1.165) is 29.7 Å². The molecule has 1 aromatic heterocycles. The van der Waals surface area contributed by atoms with Gasteiger partial charge in [-0.1, -0.05) is 32.9 Å². The van der Waals surface area contributed by atoms with Gasteiger partial charge < -0.3 is 15.2 Å². The number of imidazole rings is 1. The van der Waals surface area contributed by atoms with Crippen molar-refractivity contribution in [3.05, 3.63) is 30.1 Å². The van der Waals surface area contributed by atoms with Crippen molar-refractivity contribution < 1.29 is 9.59 Å². The van der Waals surface area contributed by atoms with E-state index in [1.165, 1.54) is 0 Å². The molecule has 1 saturated heterocycles. The van der Waals surface area contributed by atoms with Crippen molar-refractivity contribution >= 4 is 22.8 Å². The maximum absolute atomic E-state index is 12.6. The van der Waals surface area contributed by atoms with Crippen molar-refractivity contribution in [3.8, 4) is 0 Å². The number of fused-ring (bicyclic) bond motifs is 1. The Balaban J connectivity index is 1.57. The number of nitrogens with zero attached hydrogens (tertiary/aromatic N) is 2. The summed E-state index contributed by atoms with van der Waals surface area (Å²) in [5.74, 6) is 1.24. The molecular formula is C20H28N4O2. The van der Waals surface area contributed by atoms with Crippen LogP contribution in [0.4, 0.5) is 0 Å². The van der Waals surface area contributed by atoms with Crippen LogP contribution in [0.1, 0.15) is 52.3 Å². The Labute approximate surface area is 154 Å². The maximum Gasteiger partial charge on any atom is 0.244 e. The van der Waals surface area contributed by atoms with Crippen LogP contribution >= 0.6 is 0 Å². The van der Waals surface area contributed by atoms with Crippen molar-refractivity contribution in [2.45, 2.75) is 52.5 Å². The van der Waals surface area contributed by atoms with E-state index < -0.39 is 11.5 Å². The van der Waals surface area contributed by atoms with Gasteiger partial charge in [-0.15, -0.1) is 0 Å². The number of H-pyrrole nitrogens is 1. The zero-order chi connectivity index (χ0) is 18.9. The summed E-state index contributed by atoms with van der Waals surface area (Å²) < 4.78 is 0. The molecule has 26 heavy (non-hydrogen) atoms. The molecule has 1 aliphatic heterocycles. The van der Waals surface area contributed by atoms with Crippen molar-refractivity contribution in [2.75, 3.05) is 13.1 Å². The fourth-order valence-electron chi connectivity index (χ4n) is 3.29. The van der Waals surface area contributed by atoms with E-state index in [4.69, 9.17) is 4.98 Å². The van der Waals surface area contributed by atoms with Crippen LogP contribution in [0, 0.1) is 5.41 Å². The molecule has 0 saturated carbocycles. The number of likely N-dealkylation sites (tertiary alicyclic amines) is 1. The molecule has 2 aromatic rings. The molecule has 0 bridgehead atoms. The number of nitrogens with one attached hydrogen (secondary N) is 2. The highest BCUT2D eigenvalue weighted by atomic mass is 16.2. The average molecular weight is 356 g/mol. The summed E-state index contributed by atoms with van der Waals surface area (Å²) in [7, 11) is 0. The average Bonchev–Trinajstić information content (AvgIpc) is 3.04. The Morgan fingerprint density at radius 2 is 1.88 bits per heavy atom. The smallest absolute Gasteiger partial charge is 0.244 e. The second-order valence-corrected chi connectivity index (χ2v) is 8.18. The van der Waals surface area contributed by atoms with E-state index in [1.807, 2.05) is 49.9 Å². The molecule has 3 rings (SSSR count). The van der Waals surface area contributed by atoms with Crippen LogP contribution in [0.25, 0.3) is 11.0 Å². The van der Waals surface area contributed by atoms with Crippen LogP contribution < -0.4 is 5.32 Å². The van der Waals surface area contributed by atoms with Gasteiger partial charge in [-0.05, 0) is 31.9 Å². The number of aromatic nitrogens is 2. The van der Waals surface area contributed by atoms with Gasteiger partial charge in [0.05, 0.1) is 11.0 Å². The highest BCUT2D eigenvalue weighted by molar-refractivity contribution is 5.89. The summed E-state index contributed by atoms with van der Waals surface area (Å²) in [6, 6.07) is 7.53. The highest BCUT2D eigenvalue weighted by Gasteiger charge is 2.30. The molecule has 0 aliphatic carbocycles. The summed E-state index contributed by atoms with van der Waals surface area (Å²) in [6.07, 6.45) is 1.76. The zero-order valence-corrected chi connectivity index (χ0v) is 16.0. The van der Waals surface area contributed by atoms with Crippen molar-refractivity contribution in [2.24, 2.45) is 5.41 Å². The fraction of sp³-hybridized carbons (Fsp3) is 0.550. The number of piperidine rings is 1. The van der Waals surface area contributed by atoms with Crippen LogP contribution in [0.3, 0.4) is 0 Å². The Kier molecular flexibility index (Phi) is 5.03. The first kappa shape index (κ1) is 18.4. The molecule has 1 atom stereocenters. The molecule has 0 spiro atoms. The number of aromatic amines is 1. The van der Waals surface area contributed by atoms with Gasteiger partial charge in [-0.2, -0.15) is 0 Å². The monoisotopic (exact) mass is 356 g/mol. The van der Waals surface area contributed by atoms with Gasteiger partial charge in [0.2, 0.25) is 11.8 Å². The summed E-state index contributed by atoms with van der Waals surface area (Å²) in [5, 5.41) is 2.83. The molecule has 2 amide bonds. The standard InChI is InChI=1S/C20H28N4O2/c1-13(21-19(26)20(2,3)4)18(25)24-11-9-14(10-12-24)17-22-15-7-5-6-8-16(15)23-17/h5-8,13-14H,9-12H2,1-4H3,(H,21,26)(H,22,23)/t13-/m1/s1. The lowest BCUT2D eigenvalue weighted by atomic mass is 9.94. The van der Waals surface area contributed by atoms with Crippen molar-refractivity contribution in [1.29, 1.82) is 0 Å². The van der Waals surface area contributed by atoms with Crippen LogP contribution in [-0.2, 0) is 9.59 Å². The number of amides is 2. The molecular weight excluding hydrogens is 328 g/mol.